The smallest absolute Gasteiger partial charge is 0.131 e. The van der Waals surface area contributed by atoms with Crippen LogP contribution in [0, 0.1) is 0 Å². The third-order valence-electron chi connectivity index (χ3n) is 3.65. The summed E-state index contributed by atoms with van der Waals surface area (Å²) in [7, 11) is 3.70. The molecule has 1 heterocycles. The van der Waals surface area contributed by atoms with Gasteiger partial charge < -0.3 is 15.0 Å². The average Bonchev–Trinajstić information content (AvgIpc) is 3.21. The number of ether oxygens (including phenoxy) is 1. The number of rotatable bonds is 4. The van der Waals surface area contributed by atoms with E-state index in [1.165, 1.54) is 12.8 Å². The lowest BCUT2D eigenvalue weighted by atomic mass is 10.1. The van der Waals surface area contributed by atoms with Crippen LogP contribution in [0.5, 0.6) is 0 Å². The Labute approximate surface area is 113 Å². The maximum absolute atomic E-state index is 6.17. The Morgan fingerprint density at radius 3 is 2.58 bits per heavy atom. The minimum atomic E-state index is 0.605. The van der Waals surface area contributed by atoms with Crippen LogP contribution in [0.1, 0.15) is 30.1 Å². The van der Waals surface area contributed by atoms with Crippen molar-refractivity contribution >= 4 is 5.82 Å². The van der Waals surface area contributed by atoms with Crippen LogP contribution in [0.2, 0.25) is 0 Å². The number of imidazole rings is 1. The number of hydrogen-bond acceptors (Lipinski definition) is 3. The highest BCUT2D eigenvalue weighted by atomic mass is 16.5. The van der Waals surface area contributed by atoms with E-state index in [9.17, 15) is 0 Å². The number of aromatic nitrogens is 2. The van der Waals surface area contributed by atoms with Crippen LogP contribution in [0.15, 0.2) is 24.3 Å². The molecule has 0 unspecified atom stereocenters. The first-order chi connectivity index (χ1) is 9.20. The number of hydrogen-bond donors (Lipinski definition) is 1. The van der Waals surface area contributed by atoms with Gasteiger partial charge in [-0.2, -0.15) is 0 Å². The Kier molecular flexibility index (Phi) is 3.03. The fourth-order valence-electron chi connectivity index (χ4n) is 2.37. The fraction of sp³-hybridized carbons (Fsp3) is 0.400. The Balaban J connectivity index is 1.94. The molecular formula is C15H19N3O. The van der Waals surface area contributed by atoms with Gasteiger partial charge in [-0.05, 0) is 18.4 Å². The molecule has 1 aliphatic carbocycles. The first kappa shape index (κ1) is 12.2. The molecular weight excluding hydrogens is 238 g/mol. The van der Waals surface area contributed by atoms with E-state index in [2.05, 4.69) is 24.3 Å². The predicted molar refractivity (Wildman–Crippen MR) is 75.7 cm³/mol. The molecule has 2 aromatic rings. The number of nitrogens with two attached hydrogens (primary N) is 1. The quantitative estimate of drug-likeness (QED) is 0.916. The maximum atomic E-state index is 6.17. The van der Waals surface area contributed by atoms with Crippen LogP contribution < -0.4 is 5.73 Å². The normalized spacial score (nSPS) is 14.8. The van der Waals surface area contributed by atoms with Crippen molar-refractivity contribution < 1.29 is 4.74 Å². The first-order valence-corrected chi connectivity index (χ1v) is 6.61. The molecule has 1 fully saturated rings. The standard InChI is InChI=1S/C15H19N3O/c1-18-14(16)13(17-15(18)12-7-8-12)11-5-3-10(4-6-11)9-19-2/h3-6,12H,7-9,16H2,1-2H3. The molecule has 100 valence electrons. The van der Waals surface area contributed by atoms with Gasteiger partial charge in [0.25, 0.3) is 0 Å². The summed E-state index contributed by atoms with van der Waals surface area (Å²) in [5, 5.41) is 0. The first-order valence-electron chi connectivity index (χ1n) is 6.61. The van der Waals surface area contributed by atoms with Crippen molar-refractivity contribution in [1.82, 2.24) is 9.55 Å². The molecule has 0 spiro atoms. The van der Waals surface area contributed by atoms with Gasteiger partial charge in [-0.15, -0.1) is 0 Å². The molecule has 0 bridgehead atoms. The van der Waals surface area contributed by atoms with Crippen molar-refractivity contribution in [2.75, 3.05) is 12.8 Å². The minimum absolute atomic E-state index is 0.605. The highest BCUT2D eigenvalue weighted by Gasteiger charge is 2.29. The summed E-state index contributed by atoms with van der Waals surface area (Å²) in [5.74, 6) is 2.48. The minimum Gasteiger partial charge on any atom is -0.383 e. The third kappa shape index (κ3) is 2.24. The van der Waals surface area contributed by atoms with Crippen LogP contribution in [-0.2, 0) is 18.4 Å². The molecule has 0 atom stereocenters. The van der Waals surface area contributed by atoms with E-state index in [4.69, 9.17) is 15.5 Å². The highest BCUT2D eigenvalue weighted by Crippen LogP contribution is 2.41. The molecule has 0 radical (unpaired) electrons. The molecule has 4 heteroatoms. The Bertz CT molecular complexity index is 582. The van der Waals surface area contributed by atoms with E-state index < -0.39 is 0 Å². The second-order valence-electron chi connectivity index (χ2n) is 5.17. The van der Waals surface area contributed by atoms with Gasteiger partial charge >= 0.3 is 0 Å². The van der Waals surface area contributed by atoms with Crippen LogP contribution >= 0.6 is 0 Å². The van der Waals surface area contributed by atoms with Crippen molar-refractivity contribution in [2.24, 2.45) is 7.05 Å². The molecule has 3 rings (SSSR count). The molecule has 0 amide bonds. The van der Waals surface area contributed by atoms with E-state index in [0.29, 0.717) is 12.5 Å². The van der Waals surface area contributed by atoms with Gasteiger partial charge in [0.05, 0.1) is 6.61 Å². The van der Waals surface area contributed by atoms with E-state index in [1.807, 2.05) is 11.6 Å². The monoisotopic (exact) mass is 257 g/mol. The summed E-state index contributed by atoms with van der Waals surface area (Å²) in [5.41, 5.74) is 9.30. The van der Waals surface area contributed by atoms with Crippen LogP contribution in [0.4, 0.5) is 5.82 Å². The fourth-order valence-corrected chi connectivity index (χ4v) is 2.37. The topological polar surface area (TPSA) is 53.1 Å². The number of benzene rings is 1. The zero-order valence-corrected chi connectivity index (χ0v) is 11.4. The summed E-state index contributed by atoms with van der Waals surface area (Å²) in [6.45, 7) is 0.630. The summed E-state index contributed by atoms with van der Waals surface area (Å²) >= 11 is 0. The molecule has 1 aliphatic rings. The van der Waals surface area contributed by atoms with E-state index in [1.54, 1.807) is 7.11 Å². The Morgan fingerprint density at radius 1 is 1.32 bits per heavy atom. The Morgan fingerprint density at radius 2 is 2.00 bits per heavy atom. The van der Waals surface area contributed by atoms with Crippen molar-refractivity contribution in [3.8, 4) is 11.3 Å². The maximum Gasteiger partial charge on any atom is 0.131 e. The molecule has 1 saturated carbocycles. The zero-order valence-electron chi connectivity index (χ0n) is 11.4. The van der Waals surface area contributed by atoms with Gasteiger partial charge in [0, 0.05) is 25.6 Å². The van der Waals surface area contributed by atoms with Gasteiger partial charge in [0.15, 0.2) is 0 Å². The summed E-state index contributed by atoms with van der Waals surface area (Å²) < 4.78 is 7.14. The van der Waals surface area contributed by atoms with Gasteiger partial charge in [-0.25, -0.2) is 4.98 Å². The largest absolute Gasteiger partial charge is 0.383 e. The molecule has 1 aromatic heterocycles. The molecule has 4 nitrogen and oxygen atoms in total. The van der Waals surface area contributed by atoms with Gasteiger partial charge in [0.1, 0.15) is 17.3 Å². The van der Waals surface area contributed by atoms with E-state index in [0.717, 1.165) is 28.5 Å². The number of methoxy groups -OCH3 is 1. The van der Waals surface area contributed by atoms with Crippen LogP contribution in [0.3, 0.4) is 0 Å². The van der Waals surface area contributed by atoms with Crippen molar-refractivity contribution in [3.05, 3.63) is 35.7 Å². The van der Waals surface area contributed by atoms with Crippen molar-refractivity contribution in [3.63, 3.8) is 0 Å². The number of nitrogen functional groups attached to an aromatic ring is 1. The highest BCUT2D eigenvalue weighted by molar-refractivity contribution is 5.71. The predicted octanol–water partition coefficient (Wildman–Crippen LogP) is 2.69. The van der Waals surface area contributed by atoms with Gasteiger partial charge in [0.2, 0.25) is 0 Å². The van der Waals surface area contributed by atoms with Crippen molar-refractivity contribution in [2.45, 2.75) is 25.4 Å². The van der Waals surface area contributed by atoms with Gasteiger partial charge in [-0.1, -0.05) is 24.3 Å². The lowest BCUT2D eigenvalue weighted by Gasteiger charge is -2.03. The van der Waals surface area contributed by atoms with E-state index in [-0.39, 0.29) is 0 Å². The van der Waals surface area contributed by atoms with Crippen LogP contribution in [-0.4, -0.2) is 16.7 Å². The molecule has 0 aliphatic heterocycles. The Hall–Kier alpha value is -1.81. The molecule has 0 saturated heterocycles. The van der Waals surface area contributed by atoms with E-state index >= 15 is 0 Å². The second kappa shape index (κ2) is 4.70. The molecule has 19 heavy (non-hydrogen) atoms. The number of nitrogens with zero attached hydrogens (tertiary/aromatic N) is 2. The van der Waals surface area contributed by atoms with Gasteiger partial charge in [-0.3, -0.25) is 0 Å². The summed E-state index contributed by atoms with van der Waals surface area (Å²) in [6.07, 6.45) is 2.47. The third-order valence-corrected chi connectivity index (χ3v) is 3.65. The van der Waals surface area contributed by atoms with Crippen LogP contribution in [0.25, 0.3) is 11.3 Å². The summed E-state index contributed by atoms with van der Waals surface area (Å²) in [6, 6.07) is 8.24. The zero-order chi connectivity index (χ0) is 13.4. The number of anilines is 1. The lowest BCUT2D eigenvalue weighted by molar-refractivity contribution is 0.185. The van der Waals surface area contributed by atoms with Crippen molar-refractivity contribution in [1.29, 1.82) is 0 Å². The summed E-state index contributed by atoms with van der Waals surface area (Å²) in [4.78, 5) is 4.72. The second-order valence-corrected chi connectivity index (χ2v) is 5.17. The SMILES string of the molecule is COCc1ccc(-c2nc(C3CC3)n(C)c2N)cc1. The average molecular weight is 257 g/mol. The molecule has 1 aromatic carbocycles. The lowest BCUT2D eigenvalue weighted by Crippen LogP contribution is -2.00. The molecule has 2 N–H and O–H groups in total.